The number of H-pyrrole nitrogens is 1. The number of aryl methyl sites for hydroxylation is 1. The van der Waals surface area contributed by atoms with Crippen molar-refractivity contribution in [3.05, 3.63) is 43.1 Å². The van der Waals surface area contributed by atoms with Gasteiger partial charge in [0.1, 0.15) is 5.65 Å². The Balaban J connectivity index is 1.65. The number of fused-ring (bicyclic) bond motifs is 3. The number of nitrogens with zero attached hydrogens (tertiary/aromatic N) is 4. The summed E-state index contributed by atoms with van der Waals surface area (Å²) in [7, 11) is 0. The molecule has 5 nitrogen and oxygen atoms in total. The zero-order valence-corrected chi connectivity index (χ0v) is 12.6. The van der Waals surface area contributed by atoms with E-state index >= 15 is 0 Å². The van der Waals surface area contributed by atoms with Gasteiger partial charge in [0.25, 0.3) is 0 Å². The van der Waals surface area contributed by atoms with Crippen LogP contribution in [0.15, 0.2) is 43.1 Å². The van der Waals surface area contributed by atoms with E-state index in [0.717, 1.165) is 27.6 Å². The van der Waals surface area contributed by atoms with Crippen LogP contribution in [0.3, 0.4) is 0 Å². The second-order valence-corrected chi connectivity index (χ2v) is 5.67. The average molecular weight is 333 g/mol. The molecule has 0 saturated heterocycles. The SMILES string of the molecule is FC(F)(F)CCCn1cc(-n2ccc3cnc4[nH]ccc4c32)cn1. The second-order valence-electron chi connectivity index (χ2n) is 5.67. The van der Waals surface area contributed by atoms with Gasteiger partial charge in [-0.2, -0.15) is 18.3 Å². The molecule has 0 fully saturated rings. The number of nitrogens with one attached hydrogen (secondary N) is 1. The fraction of sp³-hybridized carbons (Fsp3) is 0.250. The Hall–Kier alpha value is -2.77. The van der Waals surface area contributed by atoms with Crippen LogP contribution < -0.4 is 0 Å². The summed E-state index contributed by atoms with van der Waals surface area (Å²) in [4.78, 5) is 7.42. The molecule has 0 amide bonds. The van der Waals surface area contributed by atoms with Crippen LogP contribution in [0.25, 0.3) is 27.6 Å². The lowest BCUT2D eigenvalue weighted by molar-refractivity contribution is -0.136. The van der Waals surface area contributed by atoms with E-state index in [2.05, 4.69) is 15.1 Å². The zero-order chi connectivity index (χ0) is 16.7. The number of halogens is 3. The summed E-state index contributed by atoms with van der Waals surface area (Å²) < 4.78 is 40.2. The Morgan fingerprint density at radius 2 is 2.04 bits per heavy atom. The zero-order valence-electron chi connectivity index (χ0n) is 12.6. The second kappa shape index (κ2) is 5.40. The van der Waals surface area contributed by atoms with Gasteiger partial charge in [-0.15, -0.1) is 0 Å². The predicted octanol–water partition coefficient (Wildman–Crippen LogP) is 4.05. The molecule has 124 valence electrons. The molecule has 4 aromatic heterocycles. The highest BCUT2D eigenvalue weighted by molar-refractivity contribution is 6.03. The van der Waals surface area contributed by atoms with Gasteiger partial charge in [-0.3, -0.25) is 4.68 Å². The van der Waals surface area contributed by atoms with Crippen molar-refractivity contribution in [2.24, 2.45) is 0 Å². The van der Waals surface area contributed by atoms with Gasteiger partial charge < -0.3 is 9.55 Å². The Bertz CT molecular complexity index is 992. The maximum absolute atomic E-state index is 12.2. The highest BCUT2D eigenvalue weighted by atomic mass is 19.4. The quantitative estimate of drug-likeness (QED) is 0.613. The fourth-order valence-electron chi connectivity index (χ4n) is 2.89. The standard InChI is InChI=1S/C16H14F3N5/c17-16(18,19)4-1-6-23-10-12(9-22-23)24-7-3-11-8-21-15-13(14(11)24)2-5-20-15/h2-3,5,7-10H,1,4,6H2,(H,20,21). The van der Waals surface area contributed by atoms with E-state index in [-0.39, 0.29) is 13.0 Å². The average Bonchev–Trinajstić information content (AvgIpc) is 3.23. The van der Waals surface area contributed by atoms with Crippen molar-refractivity contribution in [1.29, 1.82) is 0 Å². The van der Waals surface area contributed by atoms with Crippen LogP contribution in [0, 0.1) is 0 Å². The maximum atomic E-state index is 12.2. The first-order chi connectivity index (χ1) is 11.5. The van der Waals surface area contributed by atoms with Crippen molar-refractivity contribution in [2.45, 2.75) is 25.6 Å². The van der Waals surface area contributed by atoms with E-state index in [4.69, 9.17) is 0 Å². The number of aromatic amines is 1. The Labute approximate surface area is 134 Å². The predicted molar refractivity (Wildman–Crippen MR) is 84.0 cm³/mol. The van der Waals surface area contributed by atoms with Gasteiger partial charge in [-0.05, 0) is 18.6 Å². The molecule has 4 rings (SSSR count). The minimum Gasteiger partial charge on any atom is -0.346 e. The molecule has 0 aliphatic heterocycles. The summed E-state index contributed by atoms with van der Waals surface area (Å²) in [6.45, 7) is 0.236. The van der Waals surface area contributed by atoms with E-state index in [9.17, 15) is 13.2 Å². The number of alkyl halides is 3. The normalized spacial score (nSPS) is 12.5. The molecule has 0 aliphatic carbocycles. The molecule has 4 aromatic rings. The molecule has 0 aliphatic rings. The van der Waals surface area contributed by atoms with Crippen molar-refractivity contribution in [2.75, 3.05) is 0 Å². The molecule has 0 atom stereocenters. The summed E-state index contributed by atoms with van der Waals surface area (Å²) >= 11 is 0. The van der Waals surface area contributed by atoms with Crippen LogP contribution in [-0.4, -0.2) is 30.5 Å². The number of hydrogen-bond donors (Lipinski definition) is 1. The van der Waals surface area contributed by atoms with Crippen LogP contribution in [0.5, 0.6) is 0 Å². The third kappa shape index (κ3) is 2.64. The molecule has 0 spiro atoms. The lowest BCUT2D eigenvalue weighted by Crippen LogP contribution is -2.09. The molecule has 0 saturated carbocycles. The van der Waals surface area contributed by atoms with E-state index in [1.54, 1.807) is 23.3 Å². The first-order valence-electron chi connectivity index (χ1n) is 7.54. The van der Waals surface area contributed by atoms with E-state index in [1.807, 2.05) is 29.1 Å². The van der Waals surface area contributed by atoms with Crippen molar-refractivity contribution < 1.29 is 13.2 Å². The molecular weight excluding hydrogens is 319 g/mol. The largest absolute Gasteiger partial charge is 0.389 e. The van der Waals surface area contributed by atoms with Gasteiger partial charge in [-0.1, -0.05) is 0 Å². The lowest BCUT2D eigenvalue weighted by Gasteiger charge is -2.06. The topological polar surface area (TPSA) is 51.4 Å². The molecule has 8 heteroatoms. The van der Waals surface area contributed by atoms with Crippen molar-refractivity contribution in [1.82, 2.24) is 24.3 Å². The van der Waals surface area contributed by atoms with Gasteiger partial charge in [0.15, 0.2) is 0 Å². The molecule has 0 aromatic carbocycles. The molecule has 24 heavy (non-hydrogen) atoms. The van der Waals surface area contributed by atoms with Crippen LogP contribution in [0.1, 0.15) is 12.8 Å². The van der Waals surface area contributed by atoms with Gasteiger partial charge in [0.05, 0.1) is 17.4 Å². The summed E-state index contributed by atoms with van der Waals surface area (Å²) in [6.07, 6.45) is 4.04. The summed E-state index contributed by atoms with van der Waals surface area (Å²) in [5.74, 6) is 0. The number of aromatic nitrogens is 5. The highest BCUT2D eigenvalue weighted by Crippen LogP contribution is 2.27. The summed E-state index contributed by atoms with van der Waals surface area (Å²) in [5, 5.41) is 6.15. The fourth-order valence-corrected chi connectivity index (χ4v) is 2.89. The van der Waals surface area contributed by atoms with Crippen molar-refractivity contribution >= 4 is 21.9 Å². The Morgan fingerprint density at radius 3 is 2.88 bits per heavy atom. The number of pyridine rings is 1. The van der Waals surface area contributed by atoms with Crippen LogP contribution >= 0.6 is 0 Å². The smallest absolute Gasteiger partial charge is 0.346 e. The van der Waals surface area contributed by atoms with Crippen LogP contribution in [-0.2, 0) is 6.54 Å². The van der Waals surface area contributed by atoms with Gasteiger partial charge >= 0.3 is 6.18 Å². The first kappa shape index (κ1) is 14.8. The summed E-state index contributed by atoms with van der Waals surface area (Å²) in [6, 6.07) is 3.91. The van der Waals surface area contributed by atoms with Crippen molar-refractivity contribution in [3.63, 3.8) is 0 Å². The van der Waals surface area contributed by atoms with Crippen molar-refractivity contribution in [3.8, 4) is 5.69 Å². The monoisotopic (exact) mass is 333 g/mol. The highest BCUT2D eigenvalue weighted by Gasteiger charge is 2.26. The van der Waals surface area contributed by atoms with Crippen LogP contribution in [0.4, 0.5) is 13.2 Å². The minimum absolute atomic E-state index is 0.0169. The first-order valence-corrected chi connectivity index (χ1v) is 7.54. The molecular formula is C16H14F3N5. The summed E-state index contributed by atoms with van der Waals surface area (Å²) in [5.41, 5.74) is 2.60. The number of hydrogen-bond acceptors (Lipinski definition) is 2. The molecule has 1 N–H and O–H groups in total. The van der Waals surface area contributed by atoms with E-state index < -0.39 is 12.6 Å². The van der Waals surface area contributed by atoms with Crippen LogP contribution in [0.2, 0.25) is 0 Å². The third-order valence-electron chi connectivity index (χ3n) is 3.98. The Morgan fingerprint density at radius 1 is 1.17 bits per heavy atom. The molecule has 4 heterocycles. The minimum atomic E-state index is -4.13. The molecule has 0 bridgehead atoms. The molecule has 0 unspecified atom stereocenters. The van der Waals surface area contributed by atoms with E-state index in [0.29, 0.717) is 0 Å². The van der Waals surface area contributed by atoms with Gasteiger partial charge in [0.2, 0.25) is 0 Å². The lowest BCUT2D eigenvalue weighted by atomic mass is 10.2. The number of rotatable bonds is 4. The van der Waals surface area contributed by atoms with E-state index in [1.165, 1.54) is 0 Å². The van der Waals surface area contributed by atoms with Gasteiger partial charge in [-0.25, -0.2) is 4.98 Å². The third-order valence-corrected chi connectivity index (χ3v) is 3.98. The maximum Gasteiger partial charge on any atom is 0.389 e. The van der Waals surface area contributed by atoms with Gasteiger partial charge in [0, 0.05) is 48.5 Å². The molecule has 0 radical (unpaired) electrons. The Kier molecular flexibility index (Phi) is 3.33.